The number of para-hydroxylation sites is 2. The molecule has 7 rings (SSSR count). The van der Waals surface area contributed by atoms with Crippen LogP contribution in [0.3, 0.4) is 0 Å². The molecular weight excluding hydrogens is 684 g/mol. The topological polar surface area (TPSA) is 119 Å². The molecule has 252 valence electrons. The Kier molecular flexibility index (Phi) is 9.76. The number of ether oxygens (including phenoxy) is 2. The average molecular weight is 717 g/mol. The average Bonchev–Trinajstić information content (AvgIpc) is 3.56. The first kappa shape index (κ1) is 33.0. The lowest BCUT2D eigenvalue weighted by Crippen LogP contribution is -2.48. The van der Waals surface area contributed by atoms with Crippen molar-refractivity contribution < 1.29 is 22.7 Å². The van der Waals surface area contributed by atoms with E-state index in [4.69, 9.17) is 21.1 Å². The fourth-order valence-electron chi connectivity index (χ4n) is 5.73. The highest BCUT2D eigenvalue weighted by Gasteiger charge is 2.25. The predicted molar refractivity (Wildman–Crippen MR) is 189 cm³/mol. The summed E-state index contributed by atoms with van der Waals surface area (Å²) >= 11 is 7.51. The van der Waals surface area contributed by atoms with E-state index in [9.17, 15) is 13.2 Å². The van der Waals surface area contributed by atoms with E-state index in [0.717, 1.165) is 42.4 Å². The maximum atomic E-state index is 13.4. The van der Waals surface area contributed by atoms with Crippen molar-refractivity contribution in [2.45, 2.75) is 16.6 Å². The van der Waals surface area contributed by atoms with Gasteiger partial charge in [0.1, 0.15) is 13.2 Å². The van der Waals surface area contributed by atoms with Crippen LogP contribution in [0.1, 0.15) is 5.56 Å². The number of nitrogens with zero attached hydrogens (tertiary/aromatic N) is 5. The zero-order chi connectivity index (χ0) is 33.8. The maximum Gasteiger partial charge on any atom is 0.261 e. The fraction of sp³-hybridized carbons (Fsp3) is 0.229. The number of rotatable bonds is 10. The Bertz CT molecular complexity index is 2070. The van der Waals surface area contributed by atoms with Gasteiger partial charge in [0.25, 0.3) is 10.0 Å². The molecular formula is C35H33ClN6O5S2. The molecule has 0 unspecified atom stereocenters. The highest BCUT2D eigenvalue weighted by Crippen LogP contribution is 2.32. The van der Waals surface area contributed by atoms with Crippen molar-refractivity contribution in [2.24, 2.45) is 0 Å². The molecule has 0 saturated carbocycles. The highest BCUT2D eigenvalue weighted by atomic mass is 35.5. The first-order valence-corrected chi connectivity index (χ1v) is 18.6. The van der Waals surface area contributed by atoms with Crippen LogP contribution >= 0.6 is 23.4 Å². The van der Waals surface area contributed by atoms with Crippen LogP contribution in [0.25, 0.3) is 17.1 Å². The lowest BCUT2D eigenvalue weighted by atomic mass is 10.1. The van der Waals surface area contributed by atoms with E-state index in [1.807, 2.05) is 51.9 Å². The first-order chi connectivity index (χ1) is 23.8. The van der Waals surface area contributed by atoms with Crippen molar-refractivity contribution in [3.8, 4) is 28.6 Å². The summed E-state index contributed by atoms with van der Waals surface area (Å²) in [4.78, 5) is 17.6. The van der Waals surface area contributed by atoms with Crippen molar-refractivity contribution in [3.63, 3.8) is 0 Å². The lowest BCUT2D eigenvalue weighted by Gasteiger charge is -2.34. The molecule has 4 aromatic carbocycles. The number of amides is 1. The predicted octanol–water partition coefficient (Wildman–Crippen LogP) is 5.60. The Morgan fingerprint density at radius 2 is 1.59 bits per heavy atom. The van der Waals surface area contributed by atoms with Gasteiger partial charge in [-0.05, 0) is 54.1 Å². The van der Waals surface area contributed by atoms with Gasteiger partial charge < -0.3 is 14.4 Å². The monoisotopic (exact) mass is 716 g/mol. The van der Waals surface area contributed by atoms with E-state index in [0.29, 0.717) is 47.9 Å². The van der Waals surface area contributed by atoms with Crippen molar-refractivity contribution in [2.75, 3.05) is 49.9 Å². The van der Waals surface area contributed by atoms with Crippen molar-refractivity contribution in [1.29, 1.82) is 0 Å². The molecule has 0 bridgehead atoms. The van der Waals surface area contributed by atoms with Crippen LogP contribution < -0.4 is 14.2 Å². The van der Waals surface area contributed by atoms with Gasteiger partial charge >= 0.3 is 0 Å². The molecule has 0 atom stereocenters. The van der Waals surface area contributed by atoms with Gasteiger partial charge in [0, 0.05) is 44.0 Å². The molecule has 1 amide bonds. The second-order valence-electron chi connectivity index (χ2n) is 11.5. The number of hydrogen-bond donors (Lipinski definition) is 1. The van der Waals surface area contributed by atoms with Gasteiger partial charge in [-0.25, -0.2) is 8.42 Å². The molecule has 0 aliphatic carbocycles. The summed E-state index contributed by atoms with van der Waals surface area (Å²) in [7, 11) is -3.96. The molecule has 3 heterocycles. The number of fused-ring (bicyclic) bond motifs is 1. The number of carbonyl (C=O) groups excluding carboxylic acids is 1. The summed E-state index contributed by atoms with van der Waals surface area (Å²) in [6, 6.07) is 28.7. The summed E-state index contributed by atoms with van der Waals surface area (Å²) < 4.78 is 42.4. The number of hydrogen-bond acceptors (Lipinski definition) is 9. The zero-order valence-electron chi connectivity index (χ0n) is 26.4. The summed E-state index contributed by atoms with van der Waals surface area (Å²) in [5, 5.41) is 9.72. The summed E-state index contributed by atoms with van der Waals surface area (Å²) in [5.41, 5.74) is 2.76. The second-order valence-corrected chi connectivity index (χ2v) is 14.5. The summed E-state index contributed by atoms with van der Waals surface area (Å²) in [6.45, 7) is 4.68. The summed E-state index contributed by atoms with van der Waals surface area (Å²) in [6.07, 6.45) is 0. The van der Waals surface area contributed by atoms with Crippen LogP contribution in [0.4, 0.5) is 5.69 Å². The number of halogens is 1. The first-order valence-electron chi connectivity index (χ1n) is 15.7. The van der Waals surface area contributed by atoms with Gasteiger partial charge in [-0.1, -0.05) is 71.9 Å². The molecule has 49 heavy (non-hydrogen) atoms. The number of sulfonamides is 1. The number of carbonyl (C=O) groups is 1. The van der Waals surface area contributed by atoms with Gasteiger partial charge in [-0.3, -0.25) is 19.0 Å². The van der Waals surface area contributed by atoms with E-state index in [-0.39, 0.29) is 22.2 Å². The number of thioether (sulfide) groups is 1. The van der Waals surface area contributed by atoms with Gasteiger partial charge in [0.05, 0.1) is 21.4 Å². The third-order valence-corrected chi connectivity index (χ3v) is 10.8. The van der Waals surface area contributed by atoms with Crippen LogP contribution in [0.5, 0.6) is 11.5 Å². The number of nitrogens with one attached hydrogen (secondary N) is 1. The van der Waals surface area contributed by atoms with Gasteiger partial charge in [-0.2, -0.15) is 0 Å². The lowest BCUT2D eigenvalue weighted by molar-refractivity contribution is -0.130. The van der Waals surface area contributed by atoms with Crippen molar-refractivity contribution in [3.05, 3.63) is 108 Å². The maximum absolute atomic E-state index is 13.4. The van der Waals surface area contributed by atoms with Crippen LogP contribution in [0.15, 0.2) is 107 Å². The van der Waals surface area contributed by atoms with Gasteiger partial charge in [0.2, 0.25) is 5.91 Å². The number of piperazine rings is 1. The van der Waals surface area contributed by atoms with E-state index in [1.54, 1.807) is 42.5 Å². The van der Waals surface area contributed by atoms with Gasteiger partial charge in [0.15, 0.2) is 22.5 Å². The number of benzene rings is 4. The smallest absolute Gasteiger partial charge is 0.261 e. The minimum atomic E-state index is -3.96. The highest BCUT2D eigenvalue weighted by molar-refractivity contribution is 7.99. The molecule has 11 nitrogen and oxygen atoms in total. The second kappa shape index (κ2) is 14.5. The molecule has 14 heteroatoms. The SMILES string of the molecule is O=C(CSc1nnc(-c2cccc(S(=O)(=O)Nc3ccccc3Cl)c2)n1-c1ccccc1)N1CCN(Cc2ccc3c(c2)OCCO3)CC1. The fourth-order valence-corrected chi connectivity index (χ4v) is 7.95. The molecule has 0 radical (unpaired) electrons. The van der Waals surface area contributed by atoms with E-state index in [2.05, 4.69) is 25.9 Å². The normalized spacial score (nSPS) is 14.8. The molecule has 5 aromatic rings. The van der Waals surface area contributed by atoms with E-state index in [1.165, 1.54) is 17.8 Å². The standard InChI is InChI=1S/C35H33ClN6O5S2/c36-29-11-4-5-12-30(29)39-49(44,45)28-10-6-7-26(22-28)34-37-38-35(42(34)27-8-2-1-3-9-27)48-24-33(43)41-17-15-40(16-18-41)23-25-13-14-31-32(21-25)47-20-19-46-31/h1-14,21-22,39H,15-20,23-24H2. The quantitative estimate of drug-likeness (QED) is 0.184. The number of aromatic nitrogens is 3. The van der Waals surface area contributed by atoms with E-state index >= 15 is 0 Å². The summed E-state index contributed by atoms with van der Waals surface area (Å²) in [5.74, 6) is 2.21. The van der Waals surface area contributed by atoms with E-state index < -0.39 is 10.0 Å². The molecule has 0 spiro atoms. The Morgan fingerprint density at radius 3 is 2.39 bits per heavy atom. The Morgan fingerprint density at radius 1 is 0.837 bits per heavy atom. The van der Waals surface area contributed by atoms with Crippen LogP contribution in [-0.4, -0.2) is 84.0 Å². The van der Waals surface area contributed by atoms with Crippen LogP contribution in [-0.2, 0) is 21.4 Å². The Labute approximate surface area is 293 Å². The minimum Gasteiger partial charge on any atom is -0.486 e. The third kappa shape index (κ3) is 7.54. The zero-order valence-corrected chi connectivity index (χ0v) is 28.8. The Hall–Kier alpha value is -4.56. The largest absolute Gasteiger partial charge is 0.486 e. The molecule has 2 aliphatic rings. The van der Waals surface area contributed by atoms with Crippen LogP contribution in [0, 0.1) is 0 Å². The van der Waals surface area contributed by atoms with Gasteiger partial charge in [-0.15, -0.1) is 10.2 Å². The molecule has 1 saturated heterocycles. The number of anilines is 1. The van der Waals surface area contributed by atoms with Crippen molar-refractivity contribution >= 4 is 45.0 Å². The Balaban J connectivity index is 1.03. The molecule has 1 aromatic heterocycles. The molecule has 2 aliphatic heterocycles. The minimum absolute atomic E-state index is 0.0203. The molecule has 1 N–H and O–H groups in total. The third-order valence-electron chi connectivity index (χ3n) is 8.23. The van der Waals surface area contributed by atoms with Crippen molar-refractivity contribution in [1.82, 2.24) is 24.6 Å². The molecule has 1 fully saturated rings. The van der Waals surface area contributed by atoms with Crippen LogP contribution in [0.2, 0.25) is 5.02 Å².